The van der Waals surface area contributed by atoms with Crippen LogP contribution in [0.4, 0.5) is 5.69 Å². The minimum Gasteiger partial charge on any atom is -0.508 e. The van der Waals surface area contributed by atoms with Gasteiger partial charge >= 0.3 is 0 Å². The van der Waals surface area contributed by atoms with Gasteiger partial charge in [-0.25, -0.2) is 0 Å². The van der Waals surface area contributed by atoms with Crippen molar-refractivity contribution in [2.45, 2.75) is 32.6 Å². The van der Waals surface area contributed by atoms with E-state index in [0.29, 0.717) is 18.7 Å². The molecule has 1 saturated carbocycles. The smallest absolute Gasteiger partial charge is 0.224 e. The Morgan fingerprint density at radius 1 is 1.50 bits per heavy atom. The van der Waals surface area contributed by atoms with Gasteiger partial charge in [-0.05, 0) is 43.4 Å². The average molecular weight is 248 g/mol. The molecule has 1 aliphatic rings. The second-order valence-electron chi connectivity index (χ2n) is 5.28. The zero-order chi connectivity index (χ0) is 13.2. The fourth-order valence-corrected chi connectivity index (χ4v) is 2.36. The van der Waals surface area contributed by atoms with Crippen molar-refractivity contribution in [3.63, 3.8) is 0 Å². The van der Waals surface area contributed by atoms with Crippen molar-refractivity contribution >= 4 is 11.6 Å². The molecule has 4 heteroatoms. The predicted molar refractivity (Wildman–Crippen MR) is 71.4 cm³/mol. The van der Waals surface area contributed by atoms with Gasteiger partial charge in [0, 0.05) is 18.2 Å². The highest BCUT2D eigenvalue weighted by Crippen LogP contribution is 2.43. The molecule has 0 aromatic heterocycles. The second kappa shape index (κ2) is 4.98. The summed E-state index contributed by atoms with van der Waals surface area (Å²) in [6.07, 6.45) is 3.71. The molecule has 1 amide bonds. The van der Waals surface area contributed by atoms with Gasteiger partial charge in [0.15, 0.2) is 0 Å². The summed E-state index contributed by atoms with van der Waals surface area (Å²) in [5.74, 6) is 0.174. The van der Waals surface area contributed by atoms with Gasteiger partial charge in [-0.3, -0.25) is 4.79 Å². The summed E-state index contributed by atoms with van der Waals surface area (Å²) in [6, 6.07) is 5.15. The van der Waals surface area contributed by atoms with Gasteiger partial charge in [0.25, 0.3) is 0 Å². The monoisotopic (exact) mass is 248 g/mol. The first-order valence-electron chi connectivity index (χ1n) is 6.34. The second-order valence-corrected chi connectivity index (χ2v) is 5.28. The molecule has 0 aliphatic heterocycles. The van der Waals surface area contributed by atoms with E-state index in [4.69, 9.17) is 5.73 Å². The van der Waals surface area contributed by atoms with Crippen molar-refractivity contribution in [2.75, 3.05) is 11.9 Å². The summed E-state index contributed by atoms with van der Waals surface area (Å²) in [5, 5.41) is 12.4. The van der Waals surface area contributed by atoms with E-state index < -0.39 is 0 Å². The van der Waals surface area contributed by atoms with Crippen LogP contribution in [-0.4, -0.2) is 17.6 Å². The summed E-state index contributed by atoms with van der Waals surface area (Å²) in [7, 11) is 0. The molecule has 1 aliphatic carbocycles. The number of hydrogen-bond acceptors (Lipinski definition) is 3. The van der Waals surface area contributed by atoms with E-state index in [1.165, 1.54) is 0 Å². The number of nitrogens with two attached hydrogens (primary N) is 1. The third-order valence-corrected chi connectivity index (χ3v) is 3.88. The Bertz CT molecular complexity index is 448. The van der Waals surface area contributed by atoms with E-state index in [0.717, 1.165) is 24.8 Å². The van der Waals surface area contributed by atoms with Crippen LogP contribution in [0.2, 0.25) is 0 Å². The standard InChI is InChI=1S/C14H20N2O2/c1-10-3-4-11(7-12(10)17)16-13(18)8-14(9-15)5-2-6-14/h3-4,7,17H,2,5-6,8-9,15H2,1H3,(H,16,18). The predicted octanol–water partition coefficient (Wildman–Crippen LogP) is 2.16. The van der Waals surface area contributed by atoms with Crippen molar-refractivity contribution in [1.29, 1.82) is 0 Å². The maximum absolute atomic E-state index is 11.9. The molecule has 4 N–H and O–H groups in total. The van der Waals surface area contributed by atoms with Gasteiger partial charge in [-0.15, -0.1) is 0 Å². The van der Waals surface area contributed by atoms with Crippen LogP contribution < -0.4 is 11.1 Å². The van der Waals surface area contributed by atoms with E-state index in [1.807, 2.05) is 6.92 Å². The quantitative estimate of drug-likeness (QED) is 0.764. The maximum atomic E-state index is 11.9. The van der Waals surface area contributed by atoms with Crippen LogP contribution in [0.3, 0.4) is 0 Å². The van der Waals surface area contributed by atoms with Gasteiger partial charge in [-0.1, -0.05) is 12.5 Å². The molecule has 1 fully saturated rings. The highest BCUT2D eigenvalue weighted by Gasteiger charge is 2.37. The first-order chi connectivity index (χ1) is 8.54. The molecule has 0 heterocycles. The Morgan fingerprint density at radius 2 is 2.22 bits per heavy atom. The normalized spacial score (nSPS) is 17.0. The SMILES string of the molecule is Cc1ccc(NC(=O)CC2(CN)CCC2)cc1O. The lowest BCUT2D eigenvalue weighted by Gasteiger charge is -2.40. The number of anilines is 1. The summed E-state index contributed by atoms with van der Waals surface area (Å²) in [5.41, 5.74) is 7.18. The van der Waals surface area contributed by atoms with Crippen LogP contribution in [0.5, 0.6) is 5.75 Å². The topological polar surface area (TPSA) is 75.4 Å². The number of phenolic OH excluding ortho intramolecular Hbond substituents is 1. The van der Waals surface area contributed by atoms with Crippen molar-refractivity contribution in [3.8, 4) is 5.75 Å². The molecule has 1 aromatic rings. The van der Waals surface area contributed by atoms with Crippen LogP contribution in [0.25, 0.3) is 0 Å². The van der Waals surface area contributed by atoms with Gasteiger partial charge in [0.2, 0.25) is 5.91 Å². The fourth-order valence-electron chi connectivity index (χ4n) is 2.36. The number of aryl methyl sites for hydroxylation is 1. The number of rotatable bonds is 4. The lowest BCUT2D eigenvalue weighted by atomic mass is 9.66. The maximum Gasteiger partial charge on any atom is 0.224 e. The minimum absolute atomic E-state index is 0.0107. The molecule has 0 spiro atoms. The van der Waals surface area contributed by atoms with E-state index in [2.05, 4.69) is 5.32 Å². The summed E-state index contributed by atoms with van der Waals surface area (Å²) < 4.78 is 0. The van der Waals surface area contributed by atoms with E-state index in [-0.39, 0.29) is 17.1 Å². The lowest BCUT2D eigenvalue weighted by molar-refractivity contribution is -0.119. The summed E-state index contributed by atoms with van der Waals surface area (Å²) >= 11 is 0. The number of carbonyl (C=O) groups excluding carboxylic acids is 1. The molecule has 1 aromatic carbocycles. The Balaban J connectivity index is 1.96. The van der Waals surface area contributed by atoms with Crippen LogP contribution in [0.15, 0.2) is 18.2 Å². The summed E-state index contributed by atoms with van der Waals surface area (Å²) in [6.45, 7) is 2.39. The highest BCUT2D eigenvalue weighted by atomic mass is 16.3. The molecule has 98 valence electrons. The minimum atomic E-state index is -0.0246. The van der Waals surface area contributed by atoms with Gasteiger partial charge < -0.3 is 16.2 Å². The average Bonchev–Trinajstić information content (AvgIpc) is 2.29. The zero-order valence-corrected chi connectivity index (χ0v) is 10.7. The molecular formula is C14H20N2O2. The van der Waals surface area contributed by atoms with Crippen LogP contribution in [0, 0.1) is 12.3 Å². The molecule has 4 nitrogen and oxygen atoms in total. The van der Waals surface area contributed by atoms with Crippen LogP contribution in [-0.2, 0) is 4.79 Å². The molecule has 0 radical (unpaired) electrons. The number of nitrogens with one attached hydrogen (secondary N) is 1. The molecule has 0 unspecified atom stereocenters. The summed E-state index contributed by atoms with van der Waals surface area (Å²) in [4.78, 5) is 11.9. The molecular weight excluding hydrogens is 228 g/mol. The third kappa shape index (κ3) is 2.64. The Morgan fingerprint density at radius 3 is 2.72 bits per heavy atom. The van der Waals surface area contributed by atoms with Gasteiger partial charge in [0.1, 0.15) is 5.75 Å². The molecule has 2 rings (SSSR count). The largest absolute Gasteiger partial charge is 0.508 e. The van der Waals surface area contributed by atoms with Gasteiger partial charge in [0.05, 0.1) is 0 Å². The number of benzene rings is 1. The lowest BCUT2D eigenvalue weighted by Crippen LogP contribution is -2.40. The van der Waals surface area contributed by atoms with Crippen molar-refractivity contribution < 1.29 is 9.90 Å². The molecule has 0 atom stereocenters. The number of aromatic hydroxyl groups is 1. The van der Waals surface area contributed by atoms with E-state index >= 15 is 0 Å². The number of hydrogen-bond donors (Lipinski definition) is 3. The number of phenols is 1. The number of amides is 1. The molecule has 0 bridgehead atoms. The Kier molecular flexibility index (Phi) is 3.57. The van der Waals surface area contributed by atoms with Crippen molar-refractivity contribution in [2.24, 2.45) is 11.1 Å². The molecule has 0 saturated heterocycles. The van der Waals surface area contributed by atoms with Crippen LogP contribution >= 0.6 is 0 Å². The zero-order valence-electron chi connectivity index (χ0n) is 10.7. The first-order valence-corrected chi connectivity index (χ1v) is 6.34. The van der Waals surface area contributed by atoms with Crippen LogP contribution in [0.1, 0.15) is 31.2 Å². The highest BCUT2D eigenvalue weighted by molar-refractivity contribution is 5.91. The third-order valence-electron chi connectivity index (χ3n) is 3.88. The van der Waals surface area contributed by atoms with Crippen molar-refractivity contribution in [3.05, 3.63) is 23.8 Å². The fraction of sp³-hybridized carbons (Fsp3) is 0.500. The van der Waals surface area contributed by atoms with Gasteiger partial charge in [-0.2, -0.15) is 0 Å². The van der Waals surface area contributed by atoms with E-state index in [9.17, 15) is 9.90 Å². The Hall–Kier alpha value is -1.55. The Labute approximate surface area is 107 Å². The van der Waals surface area contributed by atoms with E-state index in [1.54, 1.807) is 18.2 Å². The molecule has 18 heavy (non-hydrogen) atoms. The number of carbonyl (C=O) groups is 1. The van der Waals surface area contributed by atoms with Crippen molar-refractivity contribution in [1.82, 2.24) is 0 Å². The first kappa shape index (κ1) is 12.9.